The number of anilines is 1. The molecule has 2 N–H and O–H groups in total. The Hall–Kier alpha value is -2.12. The molecule has 2 heterocycles. The number of carbonyl (C=O) groups excluding carboxylic acids is 2. The summed E-state index contributed by atoms with van der Waals surface area (Å²) in [5.41, 5.74) is 0.817. The molecule has 0 bridgehead atoms. The van der Waals surface area contributed by atoms with Crippen molar-refractivity contribution in [3.8, 4) is 0 Å². The van der Waals surface area contributed by atoms with Crippen LogP contribution in [0, 0.1) is 5.92 Å². The summed E-state index contributed by atoms with van der Waals surface area (Å²) < 4.78 is 0. The summed E-state index contributed by atoms with van der Waals surface area (Å²) in [5.74, 6) is 0.632. The number of para-hydroxylation sites is 1. The fourth-order valence-corrected chi connectivity index (χ4v) is 5.97. The minimum absolute atomic E-state index is 0.0559. The van der Waals surface area contributed by atoms with Crippen molar-refractivity contribution in [2.45, 2.75) is 70.4 Å². The van der Waals surface area contributed by atoms with Gasteiger partial charge in [-0.3, -0.25) is 9.69 Å². The maximum Gasteiger partial charge on any atom is 0.321 e. The van der Waals surface area contributed by atoms with Crippen molar-refractivity contribution in [1.29, 1.82) is 0 Å². The number of hydrogen-bond donors (Lipinski definition) is 2. The van der Waals surface area contributed by atoms with Crippen molar-refractivity contribution in [2.24, 2.45) is 5.92 Å². The fourth-order valence-electron chi connectivity index (χ4n) is 5.97. The Morgan fingerprint density at radius 2 is 1.65 bits per heavy atom. The molecule has 7 nitrogen and oxygen atoms in total. The van der Waals surface area contributed by atoms with Crippen molar-refractivity contribution in [1.82, 2.24) is 20.0 Å². The zero-order valence-electron chi connectivity index (χ0n) is 20.9. The molecule has 0 unspecified atom stereocenters. The molecule has 3 fully saturated rings. The number of benzene rings is 1. The average molecular weight is 470 g/mol. The van der Waals surface area contributed by atoms with Crippen LogP contribution in [-0.4, -0.2) is 84.5 Å². The van der Waals surface area contributed by atoms with Crippen LogP contribution in [0.2, 0.25) is 0 Å². The molecular weight excluding hydrogens is 426 g/mol. The molecular formula is C27H43N5O2. The molecule has 1 aromatic rings. The number of piperazine rings is 1. The second-order valence-corrected chi connectivity index (χ2v) is 10.3. The van der Waals surface area contributed by atoms with E-state index in [1.807, 2.05) is 35.2 Å². The summed E-state index contributed by atoms with van der Waals surface area (Å²) in [6.07, 6.45) is 9.68. The van der Waals surface area contributed by atoms with Crippen LogP contribution < -0.4 is 10.6 Å². The van der Waals surface area contributed by atoms with E-state index in [4.69, 9.17) is 0 Å². The van der Waals surface area contributed by atoms with Gasteiger partial charge in [-0.15, -0.1) is 0 Å². The lowest BCUT2D eigenvalue weighted by Crippen LogP contribution is -2.58. The summed E-state index contributed by atoms with van der Waals surface area (Å²) in [4.78, 5) is 32.8. The smallest absolute Gasteiger partial charge is 0.321 e. The second-order valence-electron chi connectivity index (χ2n) is 10.3. The van der Waals surface area contributed by atoms with Gasteiger partial charge in [0.25, 0.3) is 0 Å². The average Bonchev–Trinajstić information content (AvgIpc) is 3.38. The van der Waals surface area contributed by atoms with Crippen LogP contribution in [-0.2, 0) is 4.79 Å². The van der Waals surface area contributed by atoms with Crippen LogP contribution >= 0.6 is 0 Å². The molecule has 3 aliphatic rings. The first-order valence-electron chi connectivity index (χ1n) is 13.5. The van der Waals surface area contributed by atoms with Crippen LogP contribution in [0.25, 0.3) is 0 Å². The molecule has 188 valence electrons. The fraction of sp³-hybridized carbons (Fsp3) is 0.704. The highest BCUT2D eigenvalue weighted by Gasteiger charge is 2.37. The van der Waals surface area contributed by atoms with Gasteiger partial charge in [-0.2, -0.15) is 0 Å². The van der Waals surface area contributed by atoms with E-state index in [1.165, 1.54) is 38.6 Å². The van der Waals surface area contributed by atoms with Gasteiger partial charge >= 0.3 is 6.03 Å². The molecule has 2 saturated heterocycles. The number of likely N-dealkylation sites (tertiary alicyclic amines) is 1. The predicted octanol–water partition coefficient (Wildman–Crippen LogP) is 3.78. The Morgan fingerprint density at radius 3 is 2.35 bits per heavy atom. The molecule has 3 amide bonds. The van der Waals surface area contributed by atoms with Crippen LogP contribution in [0.3, 0.4) is 0 Å². The Labute approximate surface area is 205 Å². The van der Waals surface area contributed by atoms with Gasteiger partial charge in [-0.1, -0.05) is 37.5 Å². The molecule has 7 heteroatoms. The molecule has 1 saturated carbocycles. The van der Waals surface area contributed by atoms with E-state index in [0.717, 1.165) is 51.1 Å². The van der Waals surface area contributed by atoms with Crippen molar-refractivity contribution in [2.75, 3.05) is 51.1 Å². The lowest BCUT2D eigenvalue weighted by Gasteiger charge is -2.40. The largest absolute Gasteiger partial charge is 0.355 e. The standard InChI is InChI=1S/C27H43N5O2/c1-22-10-7-8-16-30(22)17-9-15-28-26(33)25(23-11-5-6-12-23)31-18-20-32(21-19-31)27(34)29-24-13-3-2-4-14-24/h2-4,13-14,22-23,25H,5-12,15-21H2,1H3,(H,28,33)(H,29,34)/t22-,25-/m0/s1. The molecule has 4 rings (SSSR count). The van der Waals surface area contributed by atoms with Gasteiger partial charge in [0.05, 0.1) is 6.04 Å². The maximum absolute atomic E-state index is 13.3. The first kappa shape index (κ1) is 25.0. The Morgan fingerprint density at radius 1 is 0.941 bits per heavy atom. The SMILES string of the molecule is C[C@H]1CCCCN1CCCNC(=O)[C@H](C1CCCC1)N1CCN(C(=O)Nc2ccccc2)CC1. The van der Waals surface area contributed by atoms with Gasteiger partial charge in [-0.25, -0.2) is 4.79 Å². The highest BCUT2D eigenvalue weighted by atomic mass is 16.2. The van der Waals surface area contributed by atoms with E-state index in [2.05, 4.69) is 27.4 Å². The Bertz CT molecular complexity index is 774. The van der Waals surface area contributed by atoms with Gasteiger partial charge in [0, 0.05) is 51.0 Å². The number of urea groups is 1. The molecule has 0 spiro atoms. The molecule has 0 aromatic heterocycles. The first-order chi connectivity index (χ1) is 16.6. The second kappa shape index (κ2) is 12.5. The summed E-state index contributed by atoms with van der Waals surface area (Å²) in [6.45, 7) is 8.17. The lowest BCUT2D eigenvalue weighted by molar-refractivity contribution is -0.129. The molecule has 1 aromatic carbocycles. The third-order valence-corrected chi connectivity index (χ3v) is 8.00. The van der Waals surface area contributed by atoms with Gasteiger partial charge < -0.3 is 20.4 Å². The van der Waals surface area contributed by atoms with Gasteiger partial charge in [-0.05, 0) is 63.6 Å². The quantitative estimate of drug-likeness (QED) is 0.569. The Balaban J connectivity index is 1.25. The normalized spacial score (nSPS) is 23.6. The van der Waals surface area contributed by atoms with E-state index in [1.54, 1.807) is 0 Å². The number of hydrogen-bond acceptors (Lipinski definition) is 4. The summed E-state index contributed by atoms with van der Waals surface area (Å²) >= 11 is 0. The minimum atomic E-state index is -0.0595. The highest BCUT2D eigenvalue weighted by Crippen LogP contribution is 2.31. The molecule has 34 heavy (non-hydrogen) atoms. The van der Waals surface area contributed by atoms with E-state index >= 15 is 0 Å². The van der Waals surface area contributed by atoms with Crippen LogP contribution in [0.4, 0.5) is 10.5 Å². The molecule has 0 radical (unpaired) electrons. The predicted molar refractivity (Wildman–Crippen MR) is 137 cm³/mol. The third-order valence-electron chi connectivity index (χ3n) is 8.00. The van der Waals surface area contributed by atoms with Gasteiger partial charge in [0.2, 0.25) is 5.91 Å². The van der Waals surface area contributed by atoms with E-state index in [0.29, 0.717) is 25.0 Å². The number of amides is 3. The summed E-state index contributed by atoms with van der Waals surface area (Å²) in [6, 6.07) is 10.1. The van der Waals surface area contributed by atoms with Crippen LogP contribution in [0.1, 0.15) is 58.3 Å². The number of rotatable bonds is 8. The number of piperidine rings is 1. The summed E-state index contributed by atoms with van der Waals surface area (Å²) in [7, 11) is 0. The van der Waals surface area contributed by atoms with Crippen molar-refractivity contribution >= 4 is 17.6 Å². The molecule has 1 aliphatic carbocycles. The monoisotopic (exact) mass is 469 g/mol. The maximum atomic E-state index is 13.3. The topological polar surface area (TPSA) is 67.9 Å². The number of nitrogens with zero attached hydrogens (tertiary/aromatic N) is 3. The molecule has 2 aliphatic heterocycles. The van der Waals surface area contributed by atoms with Crippen molar-refractivity contribution in [3.63, 3.8) is 0 Å². The van der Waals surface area contributed by atoms with E-state index < -0.39 is 0 Å². The third kappa shape index (κ3) is 6.72. The Kier molecular flexibility index (Phi) is 9.22. The molecule has 2 atom stereocenters. The highest BCUT2D eigenvalue weighted by molar-refractivity contribution is 5.89. The number of nitrogens with one attached hydrogen (secondary N) is 2. The van der Waals surface area contributed by atoms with Crippen molar-refractivity contribution in [3.05, 3.63) is 30.3 Å². The van der Waals surface area contributed by atoms with E-state index in [9.17, 15) is 9.59 Å². The first-order valence-corrected chi connectivity index (χ1v) is 13.5. The zero-order valence-corrected chi connectivity index (χ0v) is 20.9. The van der Waals surface area contributed by atoms with Gasteiger partial charge in [0.15, 0.2) is 0 Å². The number of carbonyl (C=O) groups is 2. The van der Waals surface area contributed by atoms with Crippen LogP contribution in [0.15, 0.2) is 30.3 Å². The van der Waals surface area contributed by atoms with Crippen LogP contribution in [0.5, 0.6) is 0 Å². The van der Waals surface area contributed by atoms with Gasteiger partial charge in [0.1, 0.15) is 0 Å². The van der Waals surface area contributed by atoms with Crippen molar-refractivity contribution < 1.29 is 9.59 Å². The summed E-state index contributed by atoms with van der Waals surface area (Å²) in [5, 5.41) is 6.26. The zero-order chi connectivity index (χ0) is 23.8. The lowest BCUT2D eigenvalue weighted by atomic mass is 9.95. The minimum Gasteiger partial charge on any atom is -0.355 e. The van der Waals surface area contributed by atoms with E-state index in [-0.39, 0.29) is 18.0 Å².